The van der Waals surface area contributed by atoms with Gasteiger partial charge in [0.15, 0.2) is 34.0 Å². The van der Waals surface area contributed by atoms with E-state index in [0.29, 0.717) is 0 Å². The highest BCUT2D eigenvalue weighted by Gasteiger charge is 2.23. The van der Waals surface area contributed by atoms with E-state index in [9.17, 15) is 4.39 Å². The molecular formula is C11H9FN10O. The first kappa shape index (κ1) is 13.1. The maximum atomic E-state index is 14.4. The SMILES string of the molecule is COc1nc2c(N)ncnc2n1-n1c(F)nc2c(N)ncnc21. The minimum absolute atomic E-state index is 0.0302. The zero-order valence-corrected chi connectivity index (χ0v) is 11.7. The van der Waals surface area contributed by atoms with Crippen LogP contribution < -0.4 is 16.2 Å². The van der Waals surface area contributed by atoms with Crippen molar-refractivity contribution in [1.82, 2.24) is 39.3 Å². The van der Waals surface area contributed by atoms with Crippen molar-refractivity contribution >= 4 is 34.0 Å². The number of rotatable bonds is 2. The van der Waals surface area contributed by atoms with E-state index in [1.165, 1.54) is 24.4 Å². The van der Waals surface area contributed by atoms with Gasteiger partial charge in [-0.15, -0.1) is 0 Å². The number of anilines is 2. The number of ether oxygens (including phenoxy) is 1. The summed E-state index contributed by atoms with van der Waals surface area (Å²) in [6, 6.07) is 0.0302. The maximum absolute atomic E-state index is 14.4. The summed E-state index contributed by atoms with van der Waals surface area (Å²) in [7, 11) is 1.38. The summed E-state index contributed by atoms with van der Waals surface area (Å²) in [5, 5.41) is 0. The van der Waals surface area contributed by atoms with Gasteiger partial charge in [0.05, 0.1) is 7.11 Å². The van der Waals surface area contributed by atoms with E-state index in [1.807, 2.05) is 0 Å². The van der Waals surface area contributed by atoms with Gasteiger partial charge in [-0.2, -0.15) is 23.7 Å². The van der Waals surface area contributed by atoms with Crippen LogP contribution in [0.5, 0.6) is 6.01 Å². The first-order chi connectivity index (χ1) is 11.1. The van der Waals surface area contributed by atoms with Crippen LogP contribution in [0.1, 0.15) is 0 Å². The number of nitrogens with two attached hydrogens (primary N) is 2. The average molecular weight is 316 g/mol. The highest BCUT2D eigenvalue weighted by Crippen LogP contribution is 2.26. The van der Waals surface area contributed by atoms with Crippen molar-refractivity contribution < 1.29 is 9.13 Å². The molecule has 4 N–H and O–H groups in total. The topological polar surface area (TPSA) is 148 Å². The molecule has 23 heavy (non-hydrogen) atoms. The molecule has 4 heterocycles. The number of aromatic nitrogens is 8. The summed E-state index contributed by atoms with van der Waals surface area (Å²) in [5.74, 6) is 0.177. The Morgan fingerprint density at radius 1 is 0.913 bits per heavy atom. The standard InChI is InChI=1S/C11H9FN10O/c1-23-11-20-5-7(14)16-3-18-9(5)22(11)21-8-4(19-10(21)12)6(13)15-2-17-8/h2-3H,1H3,(H2,13,15,17)(H2,14,16,18). The smallest absolute Gasteiger partial charge is 0.319 e. The Labute approximate surface area is 126 Å². The van der Waals surface area contributed by atoms with Gasteiger partial charge in [0.1, 0.15) is 12.7 Å². The third-order valence-corrected chi connectivity index (χ3v) is 3.21. The Hall–Kier alpha value is -3.57. The number of halogens is 1. The Morgan fingerprint density at radius 3 is 2.09 bits per heavy atom. The first-order valence-corrected chi connectivity index (χ1v) is 6.29. The molecule has 0 amide bonds. The highest BCUT2D eigenvalue weighted by molar-refractivity contribution is 5.84. The lowest BCUT2D eigenvalue weighted by Gasteiger charge is -2.08. The molecule has 0 atom stereocenters. The van der Waals surface area contributed by atoms with Crippen LogP contribution in [0, 0.1) is 6.08 Å². The predicted octanol–water partition coefficient (Wildman–Crippen LogP) is -0.411. The van der Waals surface area contributed by atoms with Gasteiger partial charge < -0.3 is 16.2 Å². The quantitative estimate of drug-likeness (QED) is 0.470. The van der Waals surface area contributed by atoms with E-state index in [4.69, 9.17) is 16.2 Å². The van der Waals surface area contributed by atoms with Gasteiger partial charge in [0, 0.05) is 0 Å². The fourth-order valence-corrected chi connectivity index (χ4v) is 2.24. The fourth-order valence-electron chi connectivity index (χ4n) is 2.24. The van der Waals surface area contributed by atoms with Crippen molar-refractivity contribution in [2.45, 2.75) is 0 Å². The average Bonchev–Trinajstić information content (AvgIpc) is 3.06. The lowest BCUT2D eigenvalue weighted by molar-refractivity contribution is 0.338. The molecule has 0 aromatic carbocycles. The Kier molecular flexibility index (Phi) is 2.54. The lowest BCUT2D eigenvalue weighted by Crippen LogP contribution is -2.14. The third kappa shape index (κ3) is 1.68. The number of nitrogen functional groups attached to an aromatic ring is 2. The number of nitrogens with zero attached hydrogens (tertiary/aromatic N) is 8. The molecule has 0 saturated carbocycles. The van der Waals surface area contributed by atoms with E-state index in [-0.39, 0.29) is 40.0 Å². The number of hydrogen-bond acceptors (Lipinski definition) is 9. The van der Waals surface area contributed by atoms with Crippen LogP contribution in [0.2, 0.25) is 0 Å². The summed E-state index contributed by atoms with van der Waals surface area (Å²) in [6.45, 7) is 0. The number of hydrogen-bond donors (Lipinski definition) is 2. The van der Waals surface area contributed by atoms with Crippen LogP contribution >= 0.6 is 0 Å². The summed E-state index contributed by atoms with van der Waals surface area (Å²) >= 11 is 0. The molecule has 0 radical (unpaired) electrons. The molecule has 0 aliphatic rings. The molecule has 0 unspecified atom stereocenters. The lowest BCUT2D eigenvalue weighted by atomic mass is 10.5. The van der Waals surface area contributed by atoms with Gasteiger partial charge >= 0.3 is 12.1 Å². The molecule has 0 saturated heterocycles. The van der Waals surface area contributed by atoms with Crippen LogP contribution in [0.15, 0.2) is 12.7 Å². The van der Waals surface area contributed by atoms with Crippen LogP contribution in [-0.2, 0) is 0 Å². The van der Waals surface area contributed by atoms with Gasteiger partial charge in [0.2, 0.25) is 0 Å². The zero-order chi connectivity index (χ0) is 16.1. The van der Waals surface area contributed by atoms with Gasteiger partial charge in [-0.05, 0) is 0 Å². The van der Waals surface area contributed by atoms with E-state index in [1.54, 1.807) is 0 Å². The summed E-state index contributed by atoms with van der Waals surface area (Å²) < 4.78 is 21.9. The molecule has 0 aliphatic heterocycles. The van der Waals surface area contributed by atoms with Gasteiger partial charge in [-0.3, -0.25) is 0 Å². The highest BCUT2D eigenvalue weighted by atomic mass is 19.1. The summed E-state index contributed by atoms with van der Waals surface area (Å²) in [5.41, 5.74) is 12.2. The first-order valence-electron chi connectivity index (χ1n) is 6.29. The van der Waals surface area contributed by atoms with Crippen molar-refractivity contribution in [3.05, 3.63) is 18.7 Å². The maximum Gasteiger partial charge on any atom is 0.319 e. The molecule has 0 aliphatic carbocycles. The third-order valence-electron chi connectivity index (χ3n) is 3.21. The minimum Gasteiger partial charge on any atom is -0.467 e. The summed E-state index contributed by atoms with van der Waals surface area (Å²) in [4.78, 5) is 23.6. The van der Waals surface area contributed by atoms with Crippen molar-refractivity contribution in [2.24, 2.45) is 0 Å². The predicted molar refractivity (Wildman–Crippen MR) is 76.8 cm³/mol. The van der Waals surface area contributed by atoms with Crippen LogP contribution in [0.25, 0.3) is 22.3 Å². The monoisotopic (exact) mass is 316 g/mol. The number of imidazole rings is 2. The van der Waals surface area contributed by atoms with Crippen LogP contribution in [0.3, 0.4) is 0 Å². The largest absolute Gasteiger partial charge is 0.467 e. The zero-order valence-electron chi connectivity index (χ0n) is 11.7. The second-order valence-electron chi connectivity index (χ2n) is 4.47. The van der Waals surface area contributed by atoms with E-state index >= 15 is 0 Å². The van der Waals surface area contributed by atoms with Gasteiger partial charge in [-0.25, -0.2) is 19.9 Å². The Balaban J connectivity index is 2.17. The van der Waals surface area contributed by atoms with E-state index in [0.717, 1.165) is 4.68 Å². The second kappa shape index (κ2) is 4.46. The molecule has 0 bridgehead atoms. The number of fused-ring (bicyclic) bond motifs is 2. The van der Waals surface area contributed by atoms with Crippen molar-refractivity contribution in [2.75, 3.05) is 18.6 Å². The van der Waals surface area contributed by atoms with Gasteiger partial charge in [0.25, 0.3) is 0 Å². The summed E-state index contributed by atoms with van der Waals surface area (Å²) in [6.07, 6.45) is 1.54. The molecule has 4 rings (SSSR count). The van der Waals surface area contributed by atoms with Crippen molar-refractivity contribution in [3.63, 3.8) is 0 Å². The van der Waals surface area contributed by atoms with Crippen molar-refractivity contribution in [3.8, 4) is 6.01 Å². The molecule has 12 heteroatoms. The molecule has 116 valence electrons. The fraction of sp³-hybridized carbons (Fsp3) is 0.0909. The van der Waals surface area contributed by atoms with Crippen LogP contribution in [-0.4, -0.2) is 46.4 Å². The molecule has 0 fully saturated rings. The number of methoxy groups -OCH3 is 1. The molecule has 4 aromatic rings. The van der Waals surface area contributed by atoms with Crippen LogP contribution in [0.4, 0.5) is 16.0 Å². The molecule has 4 aromatic heterocycles. The Bertz CT molecular complexity index is 1050. The van der Waals surface area contributed by atoms with E-state index < -0.39 is 6.08 Å². The van der Waals surface area contributed by atoms with Crippen molar-refractivity contribution in [1.29, 1.82) is 0 Å². The molecular weight excluding hydrogens is 307 g/mol. The van der Waals surface area contributed by atoms with E-state index in [2.05, 4.69) is 29.9 Å². The molecule has 0 spiro atoms. The minimum atomic E-state index is -0.887. The van der Waals surface area contributed by atoms with Gasteiger partial charge in [-0.1, -0.05) is 0 Å². The second-order valence-corrected chi connectivity index (χ2v) is 4.47. The Morgan fingerprint density at radius 2 is 1.48 bits per heavy atom. The normalized spacial score (nSPS) is 11.4. The molecule has 11 nitrogen and oxygen atoms in total.